The summed E-state index contributed by atoms with van der Waals surface area (Å²) < 4.78 is 17.9. The van der Waals surface area contributed by atoms with Crippen molar-refractivity contribution in [2.45, 2.75) is 251 Å². The second kappa shape index (κ2) is 37.7. The van der Waals surface area contributed by atoms with Gasteiger partial charge in [0.2, 0.25) is 0 Å². The number of hydrogen-bond donors (Lipinski definition) is 0. The van der Waals surface area contributed by atoms with Crippen molar-refractivity contribution in [3.8, 4) is 0 Å². The Labute approximate surface area is 322 Å². The molecule has 0 aromatic heterocycles. The first-order valence-corrected chi connectivity index (χ1v) is 22.5. The fraction of sp³-hybridized carbons (Fsp3) is 0.933. The Morgan fingerprint density at radius 2 is 0.615 bits per heavy atom. The minimum atomic E-state index is -0.119. The summed E-state index contributed by atoms with van der Waals surface area (Å²) in [7, 11) is 4.03. The van der Waals surface area contributed by atoms with E-state index < -0.39 is 0 Å². The van der Waals surface area contributed by atoms with Gasteiger partial charge >= 0.3 is 17.9 Å². The molecule has 0 saturated heterocycles. The van der Waals surface area contributed by atoms with Crippen molar-refractivity contribution < 1.29 is 28.6 Å². The van der Waals surface area contributed by atoms with Crippen LogP contribution < -0.4 is 0 Å². The molecular formula is C45H87NO6. The summed E-state index contributed by atoms with van der Waals surface area (Å²) >= 11 is 0. The van der Waals surface area contributed by atoms with E-state index in [1.54, 1.807) is 0 Å². The quantitative estimate of drug-likeness (QED) is 0.0353. The van der Waals surface area contributed by atoms with E-state index in [0.29, 0.717) is 19.3 Å². The van der Waals surface area contributed by atoms with Crippen LogP contribution in [-0.2, 0) is 28.6 Å². The van der Waals surface area contributed by atoms with Crippen LogP contribution in [-0.4, -0.2) is 61.8 Å². The Bertz CT molecular complexity index is 742. The summed E-state index contributed by atoms with van der Waals surface area (Å²) in [6.45, 7) is 9.77. The van der Waals surface area contributed by atoms with Crippen molar-refractivity contribution in [1.82, 2.24) is 4.90 Å². The molecule has 7 heteroatoms. The van der Waals surface area contributed by atoms with Crippen LogP contribution in [0.15, 0.2) is 0 Å². The molecule has 7 nitrogen and oxygen atoms in total. The minimum absolute atomic E-state index is 0.0577. The van der Waals surface area contributed by atoms with Gasteiger partial charge in [-0.25, -0.2) is 0 Å². The topological polar surface area (TPSA) is 82.1 Å². The van der Waals surface area contributed by atoms with Gasteiger partial charge in [-0.2, -0.15) is 0 Å². The number of esters is 3. The molecule has 0 aromatic carbocycles. The molecule has 0 heterocycles. The third-order valence-corrected chi connectivity index (χ3v) is 10.2. The molecular weight excluding hydrogens is 650 g/mol. The number of carbonyl (C=O) groups excluding carboxylic acids is 3. The maximum atomic E-state index is 12.7. The smallest absolute Gasteiger partial charge is 0.306 e. The summed E-state index contributed by atoms with van der Waals surface area (Å²) in [5.74, 6) is -0.234. The number of ether oxygens (including phenoxy) is 3. The molecule has 0 spiro atoms. The second-order valence-electron chi connectivity index (χ2n) is 15.8. The fourth-order valence-electron chi connectivity index (χ4n) is 6.89. The zero-order valence-electron chi connectivity index (χ0n) is 35.5. The van der Waals surface area contributed by atoms with E-state index in [9.17, 15) is 14.4 Å². The summed E-state index contributed by atoms with van der Waals surface area (Å²) in [6.07, 6.45) is 32.3. The molecule has 0 unspecified atom stereocenters. The molecule has 0 bridgehead atoms. The third-order valence-electron chi connectivity index (χ3n) is 10.2. The molecule has 0 aliphatic carbocycles. The highest BCUT2D eigenvalue weighted by atomic mass is 16.6. The number of nitrogens with zero attached hydrogens (tertiary/aromatic N) is 1. The van der Waals surface area contributed by atoms with E-state index in [2.05, 4.69) is 32.6 Å². The average molecular weight is 738 g/mol. The molecule has 0 rings (SSSR count). The average Bonchev–Trinajstić information content (AvgIpc) is 3.11. The Kier molecular flexibility index (Phi) is 36.5. The summed E-state index contributed by atoms with van der Waals surface area (Å²) in [5, 5.41) is 0. The van der Waals surface area contributed by atoms with Gasteiger partial charge in [0.25, 0.3) is 0 Å². The van der Waals surface area contributed by atoms with Crippen LogP contribution in [0.1, 0.15) is 233 Å². The largest absolute Gasteiger partial charge is 0.462 e. The summed E-state index contributed by atoms with van der Waals surface area (Å²) in [5.41, 5.74) is 0. The molecule has 0 aliphatic heterocycles. The number of carbonyl (C=O) groups is 3. The summed E-state index contributed by atoms with van der Waals surface area (Å²) in [4.78, 5) is 40.3. The Hall–Kier alpha value is -1.63. The minimum Gasteiger partial charge on any atom is -0.462 e. The molecule has 308 valence electrons. The van der Waals surface area contributed by atoms with Crippen molar-refractivity contribution >= 4 is 17.9 Å². The van der Waals surface area contributed by atoms with Gasteiger partial charge in [-0.05, 0) is 117 Å². The molecule has 0 saturated carbocycles. The van der Waals surface area contributed by atoms with E-state index >= 15 is 0 Å². The first-order chi connectivity index (χ1) is 25.2. The predicted molar refractivity (Wildman–Crippen MR) is 219 cm³/mol. The number of unbranched alkanes of at least 4 members (excludes halogenated alkanes) is 16. The lowest BCUT2D eigenvalue weighted by molar-refractivity contribution is -0.151. The lowest BCUT2D eigenvalue weighted by Gasteiger charge is -2.19. The molecule has 0 amide bonds. The van der Waals surface area contributed by atoms with Crippen molar-refractivity contribution in [3.63, 3.8) is 0 Å². The maximum Gasteiger partial charge on any atom is 0.306 e. The zero-order valence-corrected chi connectivity index (χ0v) is 35.5. The number of rotatable bonds is 39. The van der Waals surface area contributed by atoms with Crippen molar-refractivity contribution in [1.29, 1.82) is 0 Å². The highest BCUT2D eigenvalue weighted by Gasteiger charge is 2.18. The van der Waals surface area contributed by atoms with E-state index in [4.69, 9.17) is 14.2 Å². The number of hydrogen-bond acceptors (Lipinski definition) is 7. The van der Waals surface area contributed by atoms with Crippen molar-refractivity contribution in [2.75, 3.05) is 20.6 Å². The van der Waals surface area contributed by atoms with Crippen LogP contribution in [0.5, 0.6) is 0 Å². The van der Waals surface area contributed by atoms with Crippen LogP contribution in [0.2, 0.25) is 0 Å². The van der Waals surface area contributed by atoms with E-state index in [0.717, 1.165) is 116 Å². The molecule has 0 aromatic rings. The van der Waals surface area contributed by atoms with E-state index in [1.807, 2.05) is 14.1 Å². The third kappa shape index (κ3) is 34.2. The Morgan fingerprint density at radius 3 is 0.865 bits per heavy atom. The second-order valence-corrected chi connectivity index (χ2v) is 15.8. The highest BCUT2D eigenvalue weighted by Crippen LogP contribution is 2.21. The standard InChI is InChI=1S/C45H87NO6/c1-7-11-15-21-30-40(31-22-16-12-8-2)50-43(47)36-27-19-25-34-42(52-45(49)38-29-39-46(5)6)35-26-20-28-37-44(48)51-41(32-23-17-13-9-3)33-24-18-14-10-4/h40-42H,7-39H2,1-6H3. The van der Waals surface area contributed by atoms with Gasteiger partial charge in [0.15, 0.2) is 0 Å². The molecule has 52 heavy (non-hydrogen) atoms. The van der Waals surface area contributed by atoms with Crippen LogP contribution >= 0.6 is 0 Å². The molecule has 0 radical (unpaired) electrons. The lowest BCUT2D eigenvalue weighted by Crippen LogP contribution is -2.20. The predicted octanol–water partition coefficient (Wildman–Crippen LogP) is 12.8. The van der Waals surface area contributed by atoms with E-state index in [1.165, 1.54) is 77.0 Å². The SMILES string of the molecule is CCCCCCC(CCCCCC)OC(=O)CCCCCC(CCCCCC(=O)OC(CCCCCC)CCCCCC)OC(=O)CCCN(C)C. The summed E-state index contributed by atoms with van der Waals surface area (Å²) in [6, 6.07) is 0. The van der Waals surface area contributed by atoms with Gasteiger partial charge in [-0.15, -0.1) is 0 Å². The van der Waals surface area contributed by atoms with Crippen molar-refractivity contribution in [3.05, 3.63) is 0 Å². The first kappa shape index (κ1) is 50.4. The molecule has 0 fully saturated rings. The van der Waals surface area contributed by atoms with E-state index in [-0.39, 0.29) is 36.2 Å². The van der Waals surface area contributed by atoms with Crippen LogP contribution in [0, 0.1) is 0 Å². The van der Waals surface area contributed by atoms with Gasteiger partial charge in [-0.3, -0.25) is 14.4 Å². The molecule has 0 N–H and O–H groups in total. The van der Waals surface area contributed by atoms with Crippen LogP contribution in [0.4, 0.5) is 0 Å². The normalized spacial score (nSPS) is 11.7. The fourth-order valence-corrected chi connectivity index (χ4v) is 6.89. The van der Waals surface area contributed by atoms with Crippen molar-refractivity contribution in [2.24, 2.45) is 0 Å². The van der Waals surface area contributed by atoms with Gasteiger partial charge < -0.3 is 19.1 Å². The Morgan fingerprint density at radius 1 is 0.365 bits per heavy atom. The van der Waals surface area contributed by atoms with Crippen LogP contribution in [0.25, 0.3) is 0 Å². The Balaban J connectivity index is 4.73. The highest BCUT2D eigenvalue weighted by molar-refractivity contribution is 5.70. The molecule has 0 atom stereocenters. The van der Waals surface area contributed by atoms with Crippen LogP contribution in [0.3, 0.4) is 0 Å². The lowest BCUT2D eigenvalue weighted by atomic mass is 10.0. The van der Waals surface area contributed by atoms with Gasteiger partial charge in [-0.1, -0.05) is 118 Å². The zero-order chi connectivity index (χ0) is 38.5. The first-order valence-electron chi connectivity index (χ1n) is 22.5. The maximum absolute atomic E-state index is 12.7. The molecule has 0 aliphatic rings. The van der Waals surface area contributed by atoms with Gasteiger partial charge in [0.1, 0.15) is 18.3 Å². The van der Waals surface area contributed by atoms with Gasteiger partial charge in [0, 0.05) is 19.3 Å². The monoisotopic (exact) mass is 738 g/mol. The van der Waals surface area contributed by atoms with Gasteiger partial charge in [0.05, 0.1) is 0 Å².